The van der Waals surface area contributed by atoms with E-state index in [9.17, 15) is 5.11 Å². The monoisotopic (exact) mass is 320 g/mol. The average molecular weight is 320 g/mol. The molecule has 0 aliphatic carbocycles. The maximum absolute atomic E-state index is 9.98. The standard InChI is InChI=1S/C21H20O3/c1-23-20-11-12-21(22)18(14-20)13-16-7-9-19(10-8-16)24-15-17-5-3-2-4-6-17/h2-12,14,22H,13,15H2,1H3. The number of rotatable bonds is 6. The van der Waals surface area contributed by atoms with Crippen LogP contribution in [0.25, 0.3) is 0 Å². The molecule has 0 aliphatic rings. The quantitative estimate of drug-likeness (QED) is 0.723. The molecule has 0 fully saturated rings. The van der Waals surface area contributed by atoms with E-state index in [2.05, 4.69) is 0 Å². The normalized spacial score (nSPS) is 10.4. The van der Waals surface area contributed by atoms with Crippen LogP contribution in [0.3, 0.4) is 0 Å². The first-order valence-corrected chi connectivity index (χ1v) is 7.86. The third kappa shape index (κ3) is 4.07. The highest BCUT2D eigenvalue weighted by molar-refractivity contribution is 5.42. The van der Waals surface area contributed by atoms with Gasteiger partial charge < -0.3 is 14.6 Å². The predicted molar refractivity (Wildman–Crippen MR) is 94.7 cm³/mol. The zero-order valence-corrected chi connectivity index (χ0v) is 13.6. The van der Waals surface area contributed by atoms with Gasteiger partial charge in [0.15, 0.2) is 0 Å². The van der Waals surface area contributed by atoms with Crippen LogP contribution in [0.2, 0.25) is 0 Å². The summed E-state index contributed by atoms with van der Waals surface area (Å²) in [7, 11) is 1.62. The fourth-order valence-electron chi connectivity index (χ4n) is 2.49. The number of ether oxygens (including phenoxy) is 2. The van der Waals surface area contributed by atoms with Crippen molar-refractivity contribution in [3.8, 4) is 17.2 Å². The lowest BCUT2D eigenvalue weighted by atomic mass is 10.0. The van der Waals surface area contributed by atoms with Crippen LogP contribution in [0.5, 0.6) is 17.2 Å². The molecule has 0 saturated carbocycles. The molecule has 0 aliphatic heterocycles. The molecular weight excluding hydrogens is 300 g/mol. The number of methoxy groups -OCH3 is 1. The van der Waals surface area contributed by atoms with E-state index in [0.717, 1.165) is 28.2 Å². The van der Waals surface area contributed by atoms with Gasteiger partial charge >= 0.3 is 0 Å². The van der Waals surface area contributed by atoms with Crippen molar-refractivity contribution in [3.05, 3.63) is 89.5 Å². The summed E-state index contributed by atoms with van der Waals surface area (Å²) in [6.45, 7) is 0.552. The van der Waals surface area contributed by atoms with E-state index in [1.54, 1.807) is 19.2 Å². The molecule has 0 unspecified atom stereocenters. The number of phenolic OH excluding ortho intramolecular Hbond substituents is 1. The highest BCUT2D eigenvalue weighted by Crippen LogP contribution is 2.26. The summed E-state index contributed by atoms with van der Waals surface area (Å²) in [4.78, 5) is 0. The molecule has 3 heteroatoms. The summed E-state index contributed by atoms with van der Waals surface area (Å²) in [6.07, 6.45) is 0.641. The Hall–Kier alpha value is -2.94. The molecule has 0 radical (unpaired) electrons. The first kappa shape index (κ1) is 15.9. The largest absolute Gasteiger partial charge is 0.508 e. The molecule has 0 spiro atoms. The number of hydrogen-bond acceptors (Lipinski definition) is 3. The highest BCUT2D eigenvalue weighted by Gasteiger charge is 2.05. The first-order chi connectivity index (χ1) is 11.7. The van der Waals surface area contributed by atoms with Gasteiger partial charge in [-0.05, 0) is 41.5 Å². The Morgan fingerprint density at radius 2 is 1.50 bits per heavy atom. The second-order valence-electron chi connectivity index (χ2n) is 5.59. The maximum atomic E-state index is 9.98. The van der Waals surface area contributed by atoms with Crippen molar-refractivity contribution in [2.45, 2.75) is 13.0 Å². The van der Waals surface area contributed by atoms with Crippen LogP contribution in [-0.2, 0) is 13.0 Å². The van der Waals surface area contributed by atoms with Gasteiger partial charge in [-0.3, -0.25) is 0 Å². The molecule has 0 heterocycles. The van der Waals surface area contributed by atoms with Gasteiger partial charge in [0.25, 0.3) is 0 Å². The van der Waals surface area contributed by atoms with E-state index in [0.29, 0.717) is 13.0 Å². The van der Waals surface area contributed by atoms with E-state index < -0.39 is 0 Å². The molecule has 0 aromatic heterocycles. The zero-order chi connectivity index (χ0) is 16.8. The Bertz CT molecular complexity index is 780. The Morgan fingerprint density at radius 1 is 0.792 bits per heavy atom. The summed E-state index contributed by atoms with van der Waals surface area (Å²) in [6, 6.07) is 23.3. The van der Waals surface area contributed by atoms with Gasteiger partial charge in [0, 0.05) is 12.0 Å². The summed E-state index contributed by atoms with van der Waals surface area (Å²) in [5, 5.41) is 9.98. The molecule has 3 nitrogen and oxygen atoms in total. The third-order valence-corrected chi connectivity index (χ3v) is 3.85. The topological polar surface area (TPSA) is 38.7 Å². The lowest BCUT2D eigenvalue weighted by molar-refractivity contribution is 0.306. The number of benzene rings is 3. The summed E-state index contributed by atoms with van der Waals surface area (Å²) >= 11 is 0. The lowest BCUT2D eigenvalue weighted by Gasteiger charge is -2.09. The predicted octanol–water partition coefficient (Wildman–Crippen LogP) is 4.57. The van der Waals surface area contributed by atoms with Crippen LogP contribution < -0.4 is 9.47 Å². The van der Waals surface area contributed by atoms with E-state index >= 15 is 0 Å². The molecule has 0 amide bonds. The van der Waals surface area contributed by atoms with Crippen molar-refractivity contribution in [3.63, 3.8) is 0 Å². The van der Waals surface area contributed by atoms with Crippen LogP contribution in [0.15, 0.2) is 72.8 Å². The van der Waals surface area contributed by atoms with Crippen molar-refractivity contribution in [1.29, 1.82) is 0 Å². The molecule has 0 saturated heterocycles. The molecule has 3 aromatic carbocycles. The number of aromatic hydroxyl groups is 1. The number of phenols is 1. The van der Waals surface area contributed by atoms with E-state index in [1.165, 1.54) is 0 Å². The first-order valence-electron chi connectivity index (χ1n) is 7.86. The van der Waals surface area contributed by atoms with Crippen LogP contribution in [0, 0.1) is 0 Å². The molecule has 3 rings (SSSR count). The minimum atomic E-state index is 0.278. The fraction of sp³-hybridized carbons (Fsp3) is 0.143. The molecule has 0 atom stereocenters. The SMILES string of the molecule is COc1ccc(O)c(Cc2ccc(OCc3ccccc3)cc2)c1. The Kier molecular flexibility index (Phi) is 5.02. The van der Waals surface area contributed by atoms with Crippen LogP contribution in [0.4, 0.5) is 0 Å². The molecule has 1 N–H and O–H groups in total. The summed E-state index contributed by atoms with van der Waals surface area (Å²) in [5.74, 6) is 1.85. The molecular formula is C21H20O3. The number of hydrogen-bond donors (Lipinski definition) is 1. The Morgan fingerprint density at radius 3 is 2.21 bits per heavy atom. The van der Waals surface area contributed by atoms with Crippen molar-refractivity contribution < 1.29 is 14.6 Å². The third-order valence-electron chi connectivity index (χ3n) is 3.85. The van der Waals surface area contributed by atoms with Gasteiger partial charge in [0.1, 0.15) is 23.9 Å². The minimum Gasteiger partial charge on any atom is -0.508 e. The summed E-state index contributed by atoms with van der Waals surface area (Å²) < 4.78 is 11.0. The van der Waals surface area contributed by atoms with Gasteiger partial charge in [-0.1, -0.05) is 42.5 Å². The van der Waals surface area contributed by atoms with Crippen molar-refractivity contribution in [2.75, 3.05) is 7.11 Å². The van der Waals surface area contributed by atoms with Gasteiger partial charge in [0.2, 0.25) is 0 Å². The maximum Gasteiger partial charge on any atom is 0.119 e. The second-order valence-corrected chi connectivity index (χ2v) is 5.59. The second kappa shape index (κ2) is 7.55. The minimum absolute atomic E-state index is 0.278. The van der Waals surface area contributed by atoms with Crippen LogP contribution in [-0.4, -0.2) is 12.2 Å². The van der Waals surface area contributed by atoms with Gasteiger partial charge in [-0.15, -0.1) is 0 Å². The van der Waals surface area contributed by atoms with Gasteiger partial charge in [0.05, 0.1) is 7.11 Å². The van der Waals surface area contributed by atoms with Crippen molar-refractivity contribution in [2.24, 2.45) is 0 Å². The van der Waals surface area contributed by atoms with E-state index in [1.807, 2.05) is 60.7 Å². The molecule has 24 heavy (non-hydrogen) atoms. The Balaban J connectivity index is 1.64. The van der Waals surface area contributed by atoms with Crippen LogP contribution in [0.1, 0.15) is 16.7 Å². The van der Waals surface area contributed by atoms with Crippen LogP contribution >= 0.6 is 0 Å². The lowest BCUT2D eigenvalue weighted by Crippen LogP contribution is -1.95. The van der Waals surface area contributed by atoms with Crippen molar-refractivity contribution >= 4 is 0 Å². The molecule has 3 aromatic rings. The van der Waals surface area contributed by atoms with Crippen molar-refractivity contribution in [1.82, 2.24) is 0 Å². The smallest absolute Gasteiger partial charge is 0.119 e. The van der Waals surface area contributed by atoms with Gasteiger partial charge in [-0.2, -0.15) is 0 Å². The average Bonchev–Trinajstić information content (AvgIpc) is 2.64. The summed E-state index contributed by atoms with van der Waals surface area (Å²) in [5.41, 5.74) is 3.08. The Labute approximate surface area is 142 Å². The van der Waals surface area contributed by atoms with E-state index in [4.69, 9.17) is 9.47 Å². The fourth-order valence-corrected chi connectivity index (χ4v) is 2.49. The van der Waals surface area contributed by atoms with Gasteiger partial charge in [-0.25, -0.2) is 0 Å². The zero-order valence-electron chi connectivity index (χ0n) is 13.6. The molecule has 122 valence electrons. The molecule has 0 bridgehead atoms. The van der Waals surface area contributed by atoms with E-state index in [-0.39, 0.29) is 5.75 Å². The highest BCUT2D eigenvalue weighted by atomic mass is 16.5.